The van der Waals surface area contributed by atoms with E-state index in [1.807, 2.05) is 16.8 Å². The summed E-state index contributed by atoms with van der Waals surface area (Å²) in [6, 6.07) is 15.2. The van der Waals surface area contributed by atoms with Crippen LogP contribution in [-0.4, -0.2) is 28.5 Å². The quantitative estimate of drug-likeness (QED) is 0.715. The molecule has 0 radical (unpaired) electrons. The second-order valence-corrected chi connectivity index (χ2v) is 5.92. The summed E-state index contributed by atoms with van der Waals surface area (Å²) in [5.41, 5.74) is 2.97. The van der Waals surface area contributed by atoms with Crippen LogP contribution in [0.25, 0.3) is 11.4 Å². The smallest absolute Gasteiger partial charge is 0.143 e. The number of nitrogens with zero attached hydrogens (tertiary/aromatic N) is 3. The van der Waals surface area contributed by atoms with Gasteiger partial charge in [-0.05, 0) is 37.4 Å². The van der Waals surface area contributed by atoms with Crippen molar-refractivity contribution < 1.29 is 4.39 Å². The zero-order valence-electron chi connectivity index (χ0n) is 13.4. The molecule has 3 aromatic rings. The average molecular weight is 309 g/mol. The maximum Gasteiger partial charge on any atom is 0.143 e. The number of hydrogen-bond acceptors (Lipinski definition) is 2. The van der Waals surface area contributed by atoms with E-state index in [-0.39, 0.29) is 5.82 Å². The lowest BCUT2D eigenvalue weighted by Gasteiger charge is -2.12. The predicted molar refractivity (Wildman–Crippen MR) is 90.6 cm³/mol. The standard InChI is InChI=1S/C19H20FN3/c1-22(2)13-15-6-5-7-16(12-15)14-23-11-10-21-19(23)17-8-3-4-9-18(17)20/h3-12H,13-14H2,1-2H3. The number of benzene rings is 2. The van der Waals surface area contributed by atoms with Crippen LogP contribution in [0.4, 0.5) is 4.39 Å². The number of imidazole rings is 1. The van der Waals surface area contributed by atoms with Crippen molar-refractivity contribution in [1.82, 2.24) is 14.5 Å². The summed E-state index contributed by atoms with van der Waals surface area (Å²) in [7, 11) is 4.11. The maximum atomic E-state index is 14.0. The van der Waals surface area contributed by atoms with Gasteiger partial charge in [0.05, 0.1) is 5.56 Å². The van der Waals surface area contributed by atoms with Gasteiger partial charge >= 0.3 is 0 Å². The number of halogens is 1. The molecule has 118 valence electrons. The van der Waals surface area contributed by atoms with Gasteiger partial charge in [-0.3, -0.25) is 0 Å². The lowest BCUT2D eigenvalue weighted by molar-refractivity contribution is 0.402. The minimum atomic E-state index is -0.249. The molecule has 1 heterocycles. The summed E-state index contributed by atoms with van der Waals surface area (Å²) in [5.74, 6) is 0.405. The van der Waals surface area contributed by atoms with Crippen molar-refractivity contribution in [1.29, 1.82) is 0 Å². The fourth-order valence-corrected chi connectivity index (χ4v) is 2.71. The van der Waals surface area contributed by atoms with Gasteiger partial charge in [-0.1, -0.05) is 36.4 Å². The highest BCUT2D eigenvalue weighted by Crippen LogP contribution is 2.22. The number of hydrogen-bond donors (Lipinski definition) is 0. The van der Waals surface area contributed by atoms with E-state index < -0.39 is 0 Å². The van der Waals surface area contributed by atoms with E-state index in [2.05, 4.69) is 48.2 Å². The van der Waals surface area contributed by atoms with Gasteiger partial charge in [0.2, 0.25) is 0 Å². The van der Waals surface area contributed by atoms with E-state index >= 15 is 0 Å². The molecule has 0 fully saturated rings. The molecule has 0 aliphatic carbocycles. The predicted octanol–water partition coefficient (Wildman–Crippen LogP) is 3.80. The van der Waals surface area contributed by atoms with Crippen molar-refractivity contribution in [2.24, 2.45) is 0 Å². The first-order valence-electron chi connectivity index (χ1n) is 7.62. The molecule has 0 saturated heterocycles. The summed E-state index contributed by atoms with van der Waals surface area (Å²) in [6.45, 7) is 1.57. The average Bonchev–Trinajstić information content (AvgIpc) is 2.95. The Morgan fingerprint density at radius 1 is 1.04 bits per heavy atom. The lowest BCUT2D eigenvalue weighted by atomic mass is 10.1. The molecule has 0 bridgehead atoms. The summed E-state index contributed by atoms with van der Waals surface area (Å²) >= 11 is 0. The molecule has 2 aromatic carbocycles. The topological polar surface area (TPSA) is 21.1 Å². The second kappa shape index (κ2) is 6.75. The Labute approximate surface area is 136 Å². The van der Waals surface area contributed by atoms with Crippen LogP contribution in [0.15, 0.2) is 60.9 Å². The first-order chi connectivity index (χ1) is 11.1. The minimum absolute atomic E-state index is 0.249. The lowest BCUT2D eigenvalue weighted by Crippen LogP contribution is -2.11. The summed E-state index contributed by atoms with van der Waals surface area (Å²) in [5, 5.41) is 0. The third-order valence-electron chi connectivity index (χ3n) is 3.67. The van der Waals surface area contributed by atoms with Gasteiger partial charge in [-0.25, -0.2) is 9.37 Å². The van der Waals surface area contributed by atoms with Crippen molar-refractivity contribution in [3.63, 3.8) is 0 Å². The molecular formula is C19H20FN3. The van der Waals surface area contributed by atoms with E-state index in [4.69, 9.17) is 0 Å². The summed E-state index contributed by atoms with van der Waals surface area (Å²) in [4.78, 5) is 6.47. The zero-order valence-corrected chi connectivity index (χ0v) is 13.4. The van der Waals surface area contributed by atoms with Crippen LogP contribution in [0.5, 0.6) is 0 Å². The largest absolute Gasteiger partial charge is 0.326 e. The van der Waals surface area contributed by atoms with E-state index in [1.165, 1.54) is 17.2 Å². The Kier molecular flexibility index (Phi) is 4.53. The fourth-order valence-electron chi connectivity index (χ4n) is 2.71. The maximum absolute atomic E-state index is 14.0. The Hall–Kier alpha value is -2.46. The summed E-state index contributed by atoms with van der Waals surface area (Å²) < 4.78 is 16.0. The molecule has 0 amide bonds. The molecule has 3 nitrogen and oxygen atoms in total. The highest BCUT2D eigenvalue weighted by atomic mass is 19.1. The first-order valence-corrected chi connectivity index (χ1v) is 7.62. The van der Waals surface area contributed by atoms with Gasteiger partial charge in [-0.15, -0.1) is 0 Å². The normalized spacial score (nSPS) is 11.1. The Morgan fingerprint density at radius 2 is 1.83 bits per heavy atom. The Balaban J connectivity index is 1.88. The molecule has 0 aliphatic rings. The van der Waals surface area contributed by atoms with Crippen molar-refractivity contribution >= 4 is 0 Å². The van der Waals surface area contributed by atoms with Gasteiger partial charge in [0.25, 0.3) is 0 Å². The van der Waals surface area contributed by atoms with Crippen LogP contribution >= 0.6 is 0 Å². The van der Waals surface area contributed by atoms with E-state index in [0.29, 0.717) is 17.9 Å². The van der Waals surface area contributed by atoms with E-state index in [9.17, 15) is 4.39 Å². The van der Waals surface area contributed by atoms with Gasteiger partial charge in [0.15, 0.2) is 0 Å². The molecule has 0 spiro atoms. The van der Waals surface area contributed by atoms with Crippen LogP contribution in [0, 0.1) is 5.82 Å². The van der Waals surface area contributed by atoms with Crippen LogP contribution in [-0.2, 0) is 13.1 Å². The van der Waals surface area contributed by atoms with Gasteiger partial charge in [0.1, 0.15) is 11.6 Å². The van der Waals surface area contributed by atoms with Crippen LogP contribution in [0.2, 0.25) is 0 Å². The molecule has 1 aromatic heterocycles. The molecule has 4 heteroatoms. The molecule has 0 aliphatic heterocycles. The summed E-state index contributed by atoms with van der Waals surface area (Å²) in [6.07, 6.45) is 3.60. The number of rotatable bonds is 5. The third kappa shape index (κ3) is 3.66. The SMILES string of the molecule is CN(C)Cc1cccc(Cn2ccnc2-c2ccccc2F)c1. The Bertz CT molecular complexity index is 793. The molecule has 23 heavy (non-hydrogen) atoms. The van der Waals surface area contributed by atoms with Crippen molar-refractivity contribution in [3.8, 4) is 11.4 Å². The van der Waals surface area contributed by atoms with Gasteiger partial charge < -0.3 is 9.47 Å². The molecule has 3 rings (SSSR count). The second-order valence-electron chi connectivity index (χ2n) is 5.92. The van der Waals surface area contributed by atoms with Crippen molar-refractivity contribution in [2.75, 3.05) is 14.1 Å². The van der Waals surface area contributed by atoms with Crippen LogP contribution in [0.1, 0.15) is 11.1 Å². The van der Waals surface area contributed by atoms with E-state index in [0.717, 1.165) is 6.54 Å². The fraction of sp³-hybridized carbons (Fsp3) is 0.211. The Morgan fingerprint density at radius 3 is 2.61 bits per heavy atom. The molecule has 0 N–H and O–H groups in total. The zero-order chi connectivity index (χ0) is 16.2. The van der Waals surface area contributed by atoms with Crippen molar-refractivity contribution in [2.45, 2.75) is 13.1 Å². The highest BCUT2D eigenvalue weighted by Gasteiger charge is 2.10. The molecule has 0 atom stereocenters. The molecule has 0 unspecified atom stereocenters. The highest BCUT2D eigenvalue weighted by molar-refractivity contribution is 5.56. The van der Waals surface area contributed by atoms with Crippen LogP contribution in [0.3, 0.4) is 0 Å². The van der Waals surface area contributed by atoms with E-state index in [1.54, 1.807) is 18.3 Å². The number of aromatic nitrogens is 2. The monoisotopic (exact) mass is 309 g/mol. The van der Waals surface area contributed by atoms with Gasteiger partial charge in [0, 0.05) is 25.5 Å². The molecule has 0 saturated carbocycles. The van der Waals surface area contributed by atoms with Crippen molar-refractivity contribution in [3.05, 3.63) is 77.9 Å². The first kappa shape index (κ1) is 15.4. The molecular weight excluding hydrogens is 289 g/mol. The van der Waals surface area contributed by atoms with Crippen LogP contribution < -0.4 is 0 Å². The minimum Gasteiger partial charge on any atom is -0.326 e. The third-order valence-corrected chi connectivity index (χ3v) is 3.67. The van der Waals surface area contributed by atoms with Gasteiger partial charge in [-0.2, -0.15) is 0 Å².